The zero-order valence-corrected chi connectivity index (χ0v) is 9.84. The average Bonchev–Trinajstić information content (AvgIpc) is 2.17. The zero-order valence-electron chi connectivity index (χ0n) is 9.84. The third-order valence-electron chi connectivity index (χ3n) is 3.28. The number of rotatable bonds is 7. The monoisotopic (exact) mass is 187 g/mol. The molecule has 0 spiro atoms. The lowest BCUT2D eigenvalue weighted by Crippen LogP contribution is -2.59. The van der Waals surface area contributed by atoms with Crippen molar-refractivity contribution in [2.24, 2.45) is 5.84 Å². The van der Waals surface area contributed by atoms with Gasteiger partial charge in [-0.2, -0.15) is 5.84 Å². The lowest BCUT2D eigenvalue weighted by Gasteiger charge is -2.36. The van der Waals surface area contributed by atoms with Crippen LogP contribution in [-0.2, 0) is 0 Å². The van der Waals surface area contributed by atoms with E-state index in [4.69, 9.17) is 5.84 Å². The van der Waals surface area contributed by atoms with Gasteiger partial charge in [0.2, 0.25) is 0 Å². The summed E-state index contributed by atoms with van der Waals surface area (Å²) in [6.45, 7) is 11.0. The van der Waals surface area contributed by atoms with E-state index in [0.717, 1.165) is 17.7 Å². The molecule has 2 nitrogen and oxygen atoms in total. The Kier molecular flexibility index (Phi) is 6.35. The molecule has 0 heterocycles. The smallest absolute Gasteiger partial charge is 0.103 e. The maximum atomic E-state index is 6.26. The van der Waals surface area contributed by atoms with Gasteiger partial charge in [0.1, 0.15) is 6.04 Å². The molecule has 0 aliphatic heterocycles. The van der Waals surface area contributed by atoms with Gasteiger partial charge in [-0.15, -0.1) is 0 Å². The Morgan fingerprint density at radius 2 is 1.62 bits per heavy atom. The van der Waals surface area contributed by atoms with Gasteiger partial charge < -0.3 is 0 Å². The number of quaternary nitrogens is 1. The second-order valence-corrected chi connectivity index (χ2v) is 4.08. The van der Waals surface area contributed by atoms with Crippen LogP contribution in [0.2, 0.25) is 0 Å². The third kappa shape index (κ3) is 4.10. The highest BCUT2D eigenvalue weighted by atomic mass is 15.6. The first-order chi connectivity index (χ1) is 6.10. The van der Waals surface area contributed by atoms with Crippen molar-refractivity contribution < 1.29 is 4.59 Å². The first kappa shape index (κ1) is 12.9. The summed E-state index contributed by atoms with van der Waals surface area (Å²) in [5, 5.41) is 0. The highest BCUT2D eigenvalue weighted by Gasteiger charge is 2.25. The topological polar surface area (TPSA) is 26.0 Å². The van der Waals surface area contributed by atoms with Crippen molar-refractivity contribution in [2.45, 2.75) is 59.4 Å². The minimum atomic E-state index is 0.613. The maximum absolute atomic E-state index is 6.26. The molecule has 0 aromatic heterocycles. The first-order valence-corrected chi connectivity index (χ1v) is 5.76. The molecule has 2 N–H and O–H groups in total. The van der Waals surface area contributed by atoms with Crippen LogP contribution in [0.3, 0.4) is 0 Å². The van der Waals surface area contributed by atoms with Crippen molar-refractivity contribution in [3.63, 3.8) is 0 Å². The summed E-state index contributed by atoms with van der Waals surface area (Å²) in [5.41, 5.74) is 0. The Balaban J connectivity index is 3.84. The number of nitrogens with two attached hydrogens (primary N) is 1. The summed E-state index contributed by atoms with van der Waals surface area (Å²) in [7, 11) is 0. The van der Waals surface area contributed by atoms with E-state index >= 15 is 0 Å². The first-order valence-electron chi connectivity index (χ1n) is 5.76. The Hall–Kier alpha value is -0.0800. The van der Waals surface area contributed by atoms with Crippen molar-refractivity contribution in [2.75, 3.05) is 13.1 Å². The Labute approximate surface area is 83.7 Å². The van der Waals surface area contributed by atoms with Crippen LogP contribution in [0.25, 0.3) is 0 Å². The van der Waals surface area contributed by atoms with Gasteiger partial charge in [-0.05, 0) is 27.2 Å². The summed E-state index contributed by atoms with van der Waals surface area (Å²) in [4.78, 5) is 0. The van der Waals surface area contributed by atoms with E-state index in [-0.39, 0.29) is 0 Å². The molecule has 2 heteroatoms. The Morgan fingerprint density at radius 1 is 1.08 bits per heavy atom. The highest BCUT2D eigenvalue weighted by molar-refractivity contribution is 4.51. The van der Waals surface area contributed by atoms with E-state index in [1.54, 1.807) is 0 Å². The Morgan fingerprint density at radius 3 is 2.00 bits per heavy atom. The van der Waals surface area contributed by atoms with Gasteiger partial charge in [-0.1, -0.05) is 19.8 Å². The van der Waals surface area contributed by atoms with Crippen LogP contribution in [0.15, 0.2) is 0 Å². The van der Waals surface area contributed by atoms with Crippen LogP contribution < -0.4 is 5.84 Å². The van der Waals surface area contributed by atoms with E-state index < -0.39 is 0 Å². The van der Waals surface area contributed by atoms with Gasteiger partial charge in [-0.3, -0.25) is 0 Å². The predicted molar refractivity (Wildman–Crippen MR) is 59.1 cm³/mol. The molecule has 80 valence electrons. The number of unbranched alkanes of at least 4 members (excludes halogenated alkanes) is 2. The van der Waals surface area contributed by atoms with Crippen molar-refractivity contribution in [1.82, 2.24) is 0 Å². The fourth-order valence-corrected chi connectivity index (χ4v) is 1.79. The molecular formula is C11H27N2+. The molecule has 0 radical (unpaired) electrons. The third-order valence-corrected chi connectivity index (χ3v) is 3.28. The van der Waals surface area contributed by atoms with Crippen LogP contribution in [0, 0.1) is 0 Å². The molecule has 0 saturated heterocycles. The van der Waals surface area contributed by atoms with Crippen LogP contribution in [0.1, 0.15) is 53.4 Å². The van der Waals surface area contributed by atoms with Gasteiger partial charge in [0, 0.05) is 6.42 Å². The normalized spacial score (nSPS) is 14.5. The highest BCUT2D eigenvalue weighted by Crippen LogP contribution is 2.13. The number of hydrogen-bond donors (Lipinski definition) is 1. The second kappa shape index (κ2) is 6.39. The van der Waals surface area contributed by atoms with E-state index in [9.17, 15) is 0 Å². The predicted octanol–water partition coefficient (Wildman–Crippen LogP) is 2.69. The summed E-state index contributed by atoms with van der Waals surface area (Å²) in [6.07, 6.45) is 5.24. The molecule has 0 fully saturated rings. The average molecular weight is 187 g/mol. The van der Waals surface area contributed by atoms with Crippen molar-refractivity contribution in [1.29, 1.82) is 0 Å². The van der Waals surface area contributed by atoms with Crippen LogP contribution in [0.5, 0.6) is 0 Å². The molecular weight excluding hydrogens is 160 g/mol. The van der Waals surface area contributed by atoms with Crippen LogP contribution in [0.4, 0.5) is 0 Å². The molecule has 0 amide bonds. The van der Waals surface area contributed by atoms with E-state index in [1.165, 1.54) is 25.7 Å². The van der Waals surface area contributed by atoms with Gasteiger partial charge in [0.05, 0.1) is 13.1 Å². The molecule has 0 rings (SSSR count). The molecule has 13 heavy (non-hydrogen) atoms. The van der Waals surface area contributed by atoms with Crippen molar-refractivity contribution >= 4 is 0 Å². The molecule has 0 saturated carbocycles. The molecule has 0 bridgehead atoms. The second-order valence-electron chi connectivity index (χ2n) is 4.08. The van der Waals surface area contributed by atoms with Gasteiger partial charge in [-0.25, -0.2) is 4.59 Å². The molecule has 0 aliphatic rings. The van der Waals surface area contributed by atoms with Gasteiger partial charge in [0.25, 0.3) is 0 Å². The fourth-order valence-electron chi connectivity index (χ4n) is 1.79. The quantitative estimate of drug-likeness (QED) is 0.282. The van der Waals surface area contributed by atoms with Crippen molar-refractivity contribution in [3.8, 4) is 0 Å². The van der Waals surface area contributed by atoms with E-state index in [0.29, 0.717) is 6.04 Å². The summed E-state index contributed by atoms with van der Waals surface area (Å²) < 4.78 is 0.740. The number of nitrogens with zero attached hydrogens (tertiary/aromatic N) is 1. The van der Waals surface area contributed by atoms with Crippen molar-refractivity contribution in [3.05, 3.63) is 0 Å². The molecule has 1 atom stereocenters. The lowest BCUT2D eigenvalue weighted by molar-refractivity contribution is -0.958. The SMILES string of the molecule is CCCCCC(C)[N+](N)(CC)CC. The molecule has 1 unspecified atom stereocenters. The molecule has 0 aromatic carbocycles. The fraction of sp³-hybridized carbons (Fsp3) is 1.00. The summed E-state index contributed by atoms with van der Waals surface area (Å²) >= 11 is 0. The largest absolute Gasteiger partial charge is 0.246 e. The summed E-state index contributed by atoms with van der Waals surface area (Å²) in [6, 6.07) is 0.613. The zero-order chi connectivity index (χ0) is 10.3. The summed E-state index contributed by atoms with van der Waals surface area (Å²) in [5.74, 6) is 6.26. The van der Waals surface area contributed by atoms with E-state index in [1.807, 2.05) is 0 Å². The lowest BCUT2D eigenvalue weighted by atomic mass is 10.1. The molecule has 0 aromatic rings. The van der Waals surface area contributed by atoms with Gasteiger partial charge in [0.15, 0.2) is 0 Å². The Bertz CT molecular complexity index is 119. The minimum Gasteiger partial charge on any atom is -0.246 e. The number of hydrogen-bond acceptors (Lipinski definition) is 1. The maximum Gasteiger partial charge on any atom is 0.103 e. The van der Waals surface area contributed by atoms with Crippen LogP contribution >= 0.6 is 0 Å². The standard InChI is InChI=1S/C11H27N2/c1-5-8-9-10-11(4)13(12,6-2)7-3/h11H,5-10,12H2,1-4H3/q+1. The van der Waals surface area contributed by atoms with Gasteiger partial charge >= 0.3 is 0 Å². The minimum absolute atomic E-state index is 0.613. The molecule has 0 aliphatic carbocycles. The van der Waals surface area contributed by atoms with E-state index in [2.05, 4.69) is 27.7 Å². The van der Waals surface area contributed by atoms with Crippen LogP contribution in [-0.4, -0.2) is 23.7 Å².